The highest BCUT2D eigenvalue weighted by atomic mass is 35.5. The van der Waals surface area contributed by atoms with Crippen molar-refractivity contribution in [3.05, 3.63) is 76.4 Å². The van der Waals surface area contributed by atoms with Crippen molar-refractivity contribution in [1.82, 2.24) is 4.98 Å². The number of hydrogen-bond acceptors (Lipinski definition) is 7. The van der Waals surface area contributed by atoms with Gasteiger partial charge in [-0.25, -0.2) is 0 Å². The SMILES string of the molecule is COc1cc(NC(C(=O)c2c[nH]c3c(C)cc(OC(F)(F)F)cc23)c2ccc(Cl)cc2OC)cc(SCCO)c1. The van der Waals surface area contributed by atoms with E-state index >= 15 is 0 Å². The minimum Gasteiger partial charge on any atom is -0.497 e. The first-order valence-corrected chi connectivity index (χ1v) is 13.3. The molecule has 1 unspecified atom stereocenters. The van der Waals surface area contributed by atoms with E-state index < -0.39 is 23.9 Å². The van der Waals surface area contributed by atoms with Crippen LogP contribution in [0.2, 0.25) is 5.02 Å². The summed E-state index contributed by atoms with van der Waals surface area (Å²) in [6, 6.07) is 11.5. The molecule has 4 rings (SSSR count). The molecular weight excluding hydrogens is 569 g/mol. The topological polar surface area (TPSA) is 92.8 Å². The molecule has 0 aliphatic carbocycles. The van der Waals surface area contributed by atoms with Crippen LogP contribution in [0.1, 0.15) is 27.5 Å². The molecule has 0 fully saturated rings. The summed E-state index contributed by atoms with van der Waals surface area (Å²) in [7, 11) is 2.96. The molecule has 1 atom stereocenters. The number of aliphatic hydroxyl groups is 1. The van der Waals surface area contributed by atoms with Crippen molar-refractivity contribution in [3.63, 3.8) is 0 Å². The van der Waals surface area contributed by atoms with Crippen molar-refractivity contribution in [1.29, 1.82) is 0 Å². The maximum atomic E-state index is 14.2. The number of hydrogen-bond donors (Lipinski definition) is 3. The molecule has 0 saturated carbocycles. The number of methoxy groups -OCH3 is 2. The summed E-state index contributed by atoms with van der Waals surface area (Å²) >= 11 is 7.58. The predicted molar refractivity (Wildman–Crippen MR) is 149 cm³/mol. The lowest BCUT2D eigenvalue weighted by molar-refractivity contribution is -0.274. The molecule has 0 radical (unpaired) electrons. The van der Waals surface area contributed by atoms with E-state index in [1.165, 1.54) is 44.3 Å². The molecule has 1 aromatic heterocycles. The van der Waals surface area contributed by atoms with Gasteiger partial charge < -0.3 is 29.6 Å². The van der Waals surface area contributed by atoms with Gasteiger partial charge in [-0.05, 0) is 48.9 Å². The van der Waals surface area contributed by atoms with Gasteiger partial charge >= 0.3 is 6.36 Å². The Morgan fingerprint density at radius 3 is 2.55 bits per heavy atom. The average Bonchev–Trinajstić information content (AvgIpc) is 3.33. The summed E-state index contributed by atoms with van der Waals surface area (Å²) in [6.07, 6.45) is -3.43. The maximum Gasteiger partial charge on any atom is 0.573 e. The number of carbonyl (C=O) groups is 1. The lowest BCUT2D eigenvalue weighted by atomic mass is 9.95. The van der Waals surface area contributed by atoms with Crippen LogP contribution in [0.4, 0.5) is 18.9 Å². The van der Waals surface area contributed by atoms with Gasteiger partial charge in [0.25, 0.3) is 0 Å². The fourth-order valence-electron chi connectivity index (χ4n) is 4.33. The van der Waals surface area contributed by atoms with Gasteiger partial charge in [-0.15, -0.1) is 24.9 Å². The molecule has 7 nitrogen and oxygen atoms in total. The summed E-state index contributed by atoms with van der Waals surface area (Å²) in [5, 5.41) is 13.2. The van der Waals surface area contributed by atoms with Crippen LogP contribution in [-0.4, -0.2) is 48.8 Å². The molecule has 3 N–H and O–H groups in total. The van der Waals surface area contributed by atoms with E-state index in [9.17, 15) is 23.1 Å². The van der Waals surface area contributed by atoms with E-state index in [1.54, 1.807) is 43.3 Å². The number of alkyl halides is 3. The number of aromatic nitrogens is 1. The largest absolute Gasteiger partial charge is 0.573 e. The second kappa shape index (κ2) is 12.3. The van der Waals surface area contributed by atoms with Gasteiger partial charge in [-0.2, -0.15) is 0 Å². The van der Waals surface area contributed by atoms with Crippen molar-refractivity contribution in [3.8, 4) is 17.2 Å². The van der Waals surface area contributed by atoms with Crippen LogP contribution in [0, 0.1) is 6.92 Å². The number of rotatable bonds is 11. The standard InChI is InChI=1S/C28H26ClF3N2O5S/c1-15-8-19(39-28(30,31)32)13-22-23(14-33-25(15)22)27(36)26(21-5-4-16(29)9-24(21)38-3)34-17-10-18(37-2)12-20(11-17)40-7-6-35/h4-5,8-14,26,33-35H,6-7H2,1-3H3. The van der Waals surface area contributed by atoms with Crippen LogP contribution in [0.3, 0.4) is 0 Å². The van der Waals surface area contributed by atoms with Gasteiger partial charge in [0.2, 0.25) is 0 Å². The predicted octanol–water partition coefficient (Wildman–Crippen LogP) is 7.17. The highest BCUT2D eigenvalue weighted by molar-refractivity contribution is 7.99. The van der Waals surface area contributed by atoms with Crippen molar-refractivity contribution in [2.75, 3.05) is 31.9 Å². The molecule has 0 aliphatic heterocycles. The number of ether oxygens (including phenoxy) is 3. The third-order valence-corrected chi connectivity index (χ3v) is 7.21. The van der Waals surface area contributed by atoms with E-state index in [-0.39, 0.29) is 17.6 Å². The molecular formula is C28H26ClF3N2O5S. The second-order valence-electron chi connectivity index (χ2n) is 8.71. The second-order valence-corrected chi connectivity index (χ2v) is 10.3. The highest BCUT2D eigenvalue weighted by Crippen LogP contribution is 2.38. The number of carbonyl (C=O) groups excluding carboxylic acids is 1. The van der Waals surface area contributed by atoms with Gasteiger partial charge in [0.15, 0.2) is 5.78 Å². The van der Waals surface area contributed by atoms with E-state index in [0.29, 0.717) is 44.6 Å². The number of anilines is 1. The van der Waals surface area contributed by atoms with Crippen LogP contribution in [0.25, 0.3) is 10.9 Å². The fraction of sp³-hybridized carbons (Fsp3) is 0.250. The number of Topliss-reactive ketones (excluding diaryl/α,β-unsaturated/α-hetero) is 1. The van der Waals surface area contributed by atoms with Gasteiger partial charge in [-0.1, -0.05) is 17.7 Å². The first-order chi connectivity index (χ1) is 19.0. The first-order valence-electron chi connectivity index (χ1n) is 12.0. The zero-order valence-corrected chi connectivity index (χ0v) is 23.3. The summed E-state index contributed by atoms with van der Waals surface area (Å²) in [4.78, 5) is 18.0. The maximum absolute atomic E-state index is 14.2. The van der Waals surface area contributed by atoms with E-state index in [0.717, 1.165) is 4.90 Å². The summed E-state index contributed by atoms with van der Waals surface area (Å²) in [6.45, 7) is 1.60. The molecule has 0 aliphatic rings. The number of nitrogens with one attached hydrogen (secondary N) is 2. The van der Waals surface area contributed by atoms with Crippen LogP contribution in [0.5, 0.6) is 17.2 Å². The van der Waals surface area contributed by atoms with E-state index in [1.807, 2.05) is 0 Å². The third-order valence-electron chi connectivity index (χ3n) is 6.01. The number of benzene rings is 3. The first kappa shape index (κ1) is 29.4. The Hall–Kier alpha value is -3.54. The number of ketones is 1. The van der Waals surface area contributed by atoms with Crippen LogP contribution < -0.4 is 19.5 Å². The Kier molecular flexibility index (Phi) is 9.07. The average molecular weight is 595 g/mol. The zero-order chi connectivity index (χ0) is 29.0. The van der Waals surface area contributed by atoms with Crippen molar-refractivity contribution >= 4 is 45.7 Å². The van der Waals surface area contributed by atoms with Crippen molar-refractivity contribution in [2.24, 2.45) is 0 Å². The zero-order valence-electron chi connectivity index (χ0n) is 21.7. The monoisotopic (exact) mass is 594 g/mol. The Bertz CT molecular complexity index is 1530. The smallest absolute Gasteiger partial charge is 0.497 e. The number of aromatic amines is 1. The Labute approximate surface area is 237 Å². The molecule has 1 heterocycles. The molecule has 212 valence electrons. The van der Waals surface area contributed by atoms with Gasteiger partial charge in [0.1, 0.15) is 23.3 Å². The molecule has 4 aromatic rings. The third kappa shape index (κ3) is 6.78. The molecule has 40 heavy (non-hydrogen) atoms. The van der Waals surface area contributed by atoms with Crippen molar-refractivity contribution < 1.29 is 37.3 Å². The van der Waals surface area contributed by atoms with Crippen LogP contribution in [-0.2, 0) is 0 Å². The Morgan fingerprint density at radius 2 is 1.88 bits per heavy atom. The summed E-state index contributed by atoms with van der Waals surface area (Å²) in [5.41, 5.74) is 2.12. The summed E-state index contributed by atoms with van der Waals surface area (Å²) in [5.74, 6) is 0.447. The normalized spacial score (nSPS) is 12.3. The lowest BCUT2D eigenvalue weighted by Crippen LogP contribution is -2.22. The summed E-state index contributed by atoms with van der Waals surface area (Å²) < 4.78 is 54.0. The molecule has 3 aromatic carbocycles. The van der Waals surface area contributed by atoms with Crippen LogP contribution in [0.15, 0.2) is 59.6 Å². The number of aliphatic hydroxyl groups excluding tert-OH is 1. The highest BCUT2D eigenvalue weighted by Gasteiger charge is 2.32. The number of H-pyrrole nitrogens is 1. The number of aryl methyl sites for hydroxylation is 1. The molecule has 0 spiro atoms. The molecule has 0 amide bonds. The van der Waals surface area contributed by atoms with Gasteiger partial charge in [0, 0.05) is 55.7 Å². The quantitative estimate of drug-likeness (QED) is 0.125. The van der Waals surface area contributed by atoms with E-state index in [4.69, 9.17) is 21.1 Å². The molecule has 0 saturated heterocycles. The Morgan fingerprint density at radius 1 is 1.10 bits per heavy atom. The number of fused-ring (bicyclic) bond motifs is 1. The number of thioether (sulfide) groups is 1. The molecule has 0 bridgehead atoms. The van der Waals surface area contributed by atoms with Crippen molar-refractivity contribution in [2.45, 2.75) is 24.2 Å². The lowest BCUT2D eigenvalue weighted by Gasteiger charge is -2.22. The minimum absolute atomic E-state index is 0.0201. The van der Waals surface area contributed by atoms with E-state index in [2.05, 4.69) is 15.0 Å². The fourth-order valence-corrected chi connectivity index (χ4v) is 5.23. The van der Waals surface area contributed by atoms with Gasteiger partial charge in [-0.3, -0.25) is 4.79 Å². The van der Waals surface area contributed by atoms with Gasteiger partial charge in [0.05, 0.1) is 20.8 Å². The Balaban J connectivity index is 1.84. The van der Waals surface area contributed by atoms with Crippen LogP contribution >= 0.6 is 23.4 Å². The minimum atomic E-state index is -4.89. The number of halogens is 4. The molecule has 12 heteroatoms.